The van der Waals surface area contributed by atoms with Gasteiger partial charge in [0.05, 0.1) is 18.7 Å². The standard InChI is InChI=1S/C10H14N6O2/c1-3-15-8(6-7(2)12-15)10-11-13-14-16(10)5-4-9(17)18/h6H,3-5H2,1-2H3,(H,17,18). The Kier molecular flexibility index (Phi) is 3.35. The molecule has 0 aliphatic heterocycles. The third kappa shape index (κ3) is 2.36. The molecule has 0 saturated carbocycles. The molecule has 0 aliphatic carbocycles. The van der Waals surface area contributed by atoms with Gasteiger partial charge in [-0.25, -0.2) is 4.68 Å². The van der Waals surface area contributed by atoms with Gasteiger partial charge in [-0.3, -0.25) is 9.48 Å². The van der Waals surface area contributed by atoms with Gasteiger partial charge in [0.2, 0.25) is 0 Å². The Morgan fingerprint density at radius 3 is 2.89 bits per heavy atom. The van der Waals surface area contributed by atoms with Crippen LogP contribution < -0.4 is 0 Å². The molecule has 2 aromatic heterocycles. The molecule has 96 valence electrons. The van der Waals surface area contributed by atoms with Gasteiger partial charge in [0.25, 0.3) is 0 Å². The van der Waals surface area contributed by atoms with Gasteiger partial charge < -0.3 is 5.11 Å². The van der Waals surface area contributed by atoms with Crippen molar-refractivity contribution in [3.8, 4) is 11.5 Å². The van der Waals surface area contributed by atoms with Crippen LogP contribution in [0.15, 0.2) is 6.07 Å². The van der Waals surface area contributed by atoms with E-state index in [0.29, 0.717) is 12.4 Å². The number of tetrazole rings is 1. The van der Waals surface area contributed by atoms with Crippen LogP contribution in [0, 0.1) is 6.92 Å². The third-order valence-electron chi connectivity index (χ3n) is 2.50. The maximum Gasteiger partial charge on any atom is 0.305 e. The second kappa shape index (κ2) is 4.94. The highest BCUT2D eigenvalue weighted by Crippen LogP contribution is 2.17. The first kappa shape index (κ1) is 12.2. The lowest BCUT2D eigenvalue weighted by atomic mass is 10.3. The number of aromatic nitrogens is 6. The highest BCUT2D eigenvalue weighted by atomic mass is 16.4. The molecule has 2 rings (SSSR count). The van der Waals surface area contributed by atoms with E-state index in [1.807, 2.05) is 19.9 Å². The van der Waals surface area contributed by atoms with Gasteiger partial charge in [0.1, 0.15) is 5.69 Å². The number of hydrogen-bond donors (Lipinski definition) is 1. The minimum absolute atomic E-state index is 0.0166. The molecule has 2 heterocycles. The number of nitrogens with zero attached hydrogens (tertiary/aromatic N) is 6. The number of aryl methyl sites for hydroxylation is 3. The highest BCUT2D eigenvalue weighted by Gasteiger charge is 2.15. The van der Waals surface area contributed by atoms with Crippen LogP contribution >= 0.6 is 0 Å². The summed E-state index contributed by atoms with van der Waals surface area (Å²) in [4.78, 5) is 10.6. The van der Waals surface area contributed by atoms with Gasteiger partial charge in [-0.15, -0.1) is 5.10 Å². The van der Waals surface area contributed by atoms with Crippen LogP contribution in [0.2, 0.25) is 0 Å². The summed E-state index contributed by atoms with van der Waals surface area (Å²) in [5, 5.41) is 24.3. The summed E-state index contributed by atoms with van der Waals surface area (Å²) in [7, 11) is 0. The fourth-order valence-corrected chi connectivity index (χ4v) is 1.71. The molecule has 0 saturated heterocycles. The molecule has 0 aliphatic rings. The van der Waals surface area contributed by atoms with Crippen molar-refractivity contribution in [1.82, 2.24) is 30.0 Å². The summed E-state index contributed by atoms with van der Waals surface area (Å²) in [6, 6.07) is 1.88. The molecule has 0 amide bonds. The van der Waals surface area contributed by atoms with Gasteiger partial charge in [0, 0.05) is 6.54 Å². The summed E-state index contributed by atoms with van der Waals surface area (Å²) in [6.07, 6.45) is -0.0166. The predicted octanol–water partition coefficient (Wildman–Crippen LogP) is 0.340. The van der Waals surface area contributed by atoms with Crippen molar-refractivity contribution < 1.29 is 9.90 Å². The molecule has 8 nitrogen and oxygen atoms in total. The number of carboxylic acid groups (broad SMARTS) is 1. The van der Waals surface area contributed by atoms with E-state index in [4.69, 9.17) is 5.11 Å². The maximum absolute atomic E-state index is 10.6. The van der Waals surface area contributed by atoms with E-state index in [-0.39, 0.29) is 13.0 Å². The fraction of sp³-hybridized carbons (Fsp3) is 0.500. The van der Waals surface area contributed by atoms with E-state index in [2.05, 4.69) is 20.6 Å². The van der Waals surface area contributed by atoms with Crippen LogP contribution in [0.4, 0.5) is 0 Å². The molecule has 0 atom stereocenters. The zero-order chi connectivity index (χ0) is 13.1. The van der Waals surface area contributed by atoms with E-state index in [1.54, 1.807) is 4.68 Å². The van der Waals surface area contributed by atoms with E-state index < -0.39 is 5.97 Å². The van der Waals surface area contributed by atoms with Gasteiger partial charge in [-0.2, -0.15) is 5.10 Å². The van der Waals surface area contributed by atoms with Crippen molar-refractivity contribution in [3.05, 3.63) is 11.8 Å². The minimum Gasteiger partial charge on any atom is -0.481 e. The van der Waals surface area contributed by atoms with Crippen molar-refractivity contribution >= 4 is 5.97 Å². The number of carbonyl (C=O) groups is 1. The Morgan fingerprint density at radius 2 is 2.22 bits per heavy atom. The third-order valence-corrected chi connectivity index (χ3v) is 2.50. The van der Waals surface area contributed by atoms with Crippen molar-refractivity contribution in [2.75, 3.05) is 0 Å². The topological polar surface area (TPSA) is 98.7 Å². The van der Waals surface area contributed by atoms with Gasteiger partial charge in [0.15, 0.2) is 5.82 Å². The molecule has 18 heavy (non-hydrogen) atoms. The van der Waals surface area contributed by atoms with Gasteiger partial charge in [-0.1, -0.05) is 0 Å². The number of carboxylic acids is 1. The van der Waals surface area contributed by atoms with E-state index in [0.717, 1.165) is 11.4 Å². The molecule has 0 spiro atoms. The quantitative estimate of drug-likeness (QED) is 0.821. The monoisotopic (exact) mass is 250 g/mol. The molecular formula is C10H14N6O2. The van der Waals surface area contributed by atoms with Gasteiger partial charge in [-0.05, 0) is 30.3 Å². The van der Waals surface area contributed by atoms with E-state index in [9.17, 15) is 4.79 Å². The Morgan fingerprint density at radius 1 is 1.44 bits per heavy atom. The lowest BCUT2D eigenvalue weighted by Crippen LogP contribution is -2.09. The van der Waals surface area contributed by atoms with Crippen LogP contribution in [0.25, 0.3) is 11.5 Å². The first-order valence-corrected chi connectivity index (χ1v) is 5.64. The molecule has 0 bridgehead atoms. The van der Waals surface area contributed by atoms with Crippen molar-refractivity contribution in [2.45, 2.75) is 33.4 Å². The summed E-state index contributed by atoms with van der Waals surface area (Å²) < 4.78 is 3.27. The van der Waals surface area contributed by atoms with Gasteiger partial charge >= 0.3 is 5.97 Å². The minimum atomic E-state index is -0.878. The van der Waals surface area contributed by atoms with Crippen LogP contribution in [-0.2, 0) is 17.9 Å². The summed E-state index contributed by atoms with van der Waals surface area (Å²) in [6.45, 7) is 4.81. The average Bonchev–Trinajstić information content (AvgIpc) is 2.91. The Hall–Kier alpha value is -2.25. The molecule has 1 N–H and O–H groups in total. The zero-order valence-corrected chi connectivity index (χ0v) is 10.2. The molecule has 0 unspecified atom stereocenters. The lowest BCUT2D eigenvalue weighted by molar-refractivity contribution is -0.137. The van der Waals surface area contributed by atoms with Crippen molar-refractivity contribution in [2.24, 2.45) is 0 Å². The second-order valence-electron chi connectivity index (χ2n) is 3.86. The highest BCUT2D eigenvalue weighted by molar-refractivity contribution is 5.66. The summed E-state index contributed by atoms with van der Waals surface area (Å²) in [5.74, 6) is -0.338. The van der Waals surface area contributed by atoms with Crippen molar-refractivity contribution in [3.63, 3.8) is 0 Å². The molecule has 0 radical (unpaired) electrons. The largest absolute Gasteiger partial charge is 0.481 e. The number of hydrogen-bond acceptors (Lipinski definition) is 5. The van der Waals surface area contributed by atoms with Crippen LogP contribution in [0.1, 0.15) is 19.0 Å². The molecule has 0 aromatic carbocycles. The fourth-order valence-electron chi connectivity index (χ4n) is 1.71. The second-order valence-corrected chi connectivity index (χ2v) is 3.86. The molecular weight excluding hydrogens is 236 g/mol. The van der Waals surface area contributed by atoms with Crippen molar-refractivity contribution in [1.29, 1.82) is 0 Å². The molecule has 0 fully saturated rings. The number of aliphatic carboxylic acids is 1. The first-order valence-electron chi connectivity index (χ1n) is 5.64. The normalized spacial score (nSPS) is 10.8. The predicted molar refractivity (Wildman–Crippen MR) is 61.7 cm³/mol. The average molecular weight is 250 g/mol. The van der Waals surface area contributed by atoms with Crippen LogP contribution in [-0.4, -0.2) is 41.1 Å². The van der Waals surface area contributed by atoms with E-state index >= 15 is 0 Å². The van der Waals surface area contributed by atoms with Crippen LogP contribution in [0.3, 0.4) is 0 Å². The maximum atomic E-state index is 10.6. The lowest BCUT2D eigenvalue weighted by Gasteiger charge is -2.04. The summed E-state index contributed by atoms with van der Waals surface area (Å²) in [5.41, 5.74) is 1.67. The Bertz CT molecular complexity index is 558. The van der Waals surface area contributed by atoms with Crippen LogP contribution in [0.5, 0.6) is 0 Å². The Labute approximate surface area is 103 Å². The first-order chi connectivity index (χ1) is 8.61. The SMILES string of the molecule is CCn1nc(C)cc1-c1nnnn1CCC(=O)O. The summed E-state index contributed by atoms with van der Waals surface area (Å²) >= 11 is 0. The number of rotatable bonds is 5. The zero-order valence-electron chi connectivity index (χ0n) is 10.2. The van der Waals surface area contributed by atoms with E-state index in [1.165, 1.54) is 4.68 Å². The molecule has 8 heteroatoms. The molecule has 2 aromatic rings. The Balaban J connectivity index is 2.32. The smallest absolute Gasteiger partial charge is 0.305 e.